The summed E-state index contributed by atoms with van der Waals surface area (Å²) in [5.41, 5.74) is 5.55. The number of nitrogens with one attached hydrogen (secondary N) is 1. The van der Waals surface area contributed by atoms with Gasteiger partial charge in [-0.05, 0) is 85.7 Å². The first-order valence-electron chi connectivity index (χ1n) is 17.5. The van der Waals surface area contributed by atoms with Crippen molar-refractivity contribution in [2.75, 3.05) is 45.9 Å². The van der Waals surface area contributed by atoms with Crippen molar-refractivity contribution in [1.82, 2.24) is 19.7 Å². The topological polar surface area (TPSA) is 148 Å². The first kappa shape index (κ1) is 35.3. The number of hydrogen-bond acceptors (Lipinski definition) is 8. The molecule has 3 aliphatic rings. The van der Waals surface area contributed by atoms with Gasteiger partial charge in [-0.25, -0.2) is 0 Å². The first-order chi connectivity index (χ1) is 23.7. The Hall–Kier alpha value is -3.58. The minimum absolute atomic E-state index is 0.00214. The molecule has 49 heavy (non-hydrogen) atoms. The van der Waals surface area contributed by atoms with Crippen LogP contribution in [0.2, 0.25) is 0 Å². The van der Waals surface area contributed by atoms with Gasteiger partial charge >= 0.3 is 0 Å². The van der Waals surface area contributed by atoms with E-state index in [4.69, 9.17) is 4.74 Å². The number of benzene rings is 2. The number of carbonyl (C=O) groups excluding carboxylic acids is 2. The average molecular weight is 675 g/mol. The second-order valence-electron chi connectivity index (χ2n) is 14.1. The summed E-state index contributed by atoms with van der Waals surface area (Å²) in [6.45, 7) is 6.39. The van der Waals surface area contributed by atoms with Crippen LogP contribution < -0.4 is 5.32 Å². The van der Waals surface area contributed by atoms with Crippen molar-refractivity contribution in [2.45, 2.75) is 76.1 Å². The molecule has 1 aromatic heterocycles. The third kappa shape index (κ3) is 7.77. The molecule has 11 heteroatoms. The van der Waals surface area contributed by atoms with Crippen molar-refractivity contribution in [3.63, 3.8) is 0 Å². The lowest BCUT2D eigenvalue weighted by molar-refractivity contribution is -0.250. The van der Waals surface area contributed by atoms with Gasteiger partial charge in [-0.15, -0.1) is 0 Å². The van der Waals surface area contributed by atoms with Gasteiger partial charge in [0.25, 0.3) is 0 Å². The predicted molar refractivity (Wildman–Crippen MR) is 187 cm³/mol. The number of likely N-dealkylation sites (tertiary alicyclic amines) is 2. The zero-order valence-corrected chi connectivity index (χ0v) is 28.3. The summed E-state index contributed by atoms with van der Waals surface area (Å²) in [5.74, 6) is 0.00214. The Balaban J connectivity index is 1.05. The van der Waals surface area contributed by atoms with E-state index in [1.807, 2.05) is 36.2 Å². The number of aryl methyl sites for hydroxylation is 1. The van der Waals surface area contributed by atoms with E-state index >= 15 is 0 Å². The van der Waals surface area contributed by atoms with Gasteiger partial charge in [0, 0.05) is 37.8 Å². The number of aromatic nitrogens is 1. The molecule has 3 saturated heterocycles. The molecule has 6 rings (SSSR count). The molecule has 5 N–H and O–H groups in total. The van der Waals surface area contributed by atoms with Crippen LogP contribution in [0.5, 0.6) is 0 Å². The van der Waals surface area contributed by atoms with Gasteiger partial charge < -0.3 is 44.8 Å². The van der Waals surface area contributed by atoms with Crippen molar-refractivity contribution in [1.29, 1.82) is 0 Å². The standard InChI is InChI=1S/C38H50N4O7/c1-26-6-4-8-30-33(26)29(22-42(30)37-36(48)35(47)34(46)31(23-43)49-37)20-28-11-9-27(10-12-28)7-2-3-16-40-17-5-13-38(24-40)14-18-41(19-15-38)32(45)21-39-25-44/h2,4,6-12,22,25,31,34-37,43,46-48H,3,5,13-21,23-24H2,1H3,(H,39,44)/b7-2+/t31-,34-,35+,36-,37-/m1/s1. The summed E-state index contributed by atoms with van der Waals surface area (Å²) in [5, 5.41) is 44.8. The highest BCUT2D eigenvalue weighted by Gasteiger charge is 2.44. The minimum Gasteiger partial charge on any atom is -0.394 e. The zero-order valence-electron chi connectivity index (χ0n) is 28.3. The van der Waals surface area contributed by atoms with E-state index in [9.17, 15) is 30.0 Å². The predicted octanol–water partition coefficient (Wildman–Crippen LogP) is 2.37. The summed E-state index contributed by atoms with van der Waals surface area (Å²) in [4.78, 5) is 27.3. The largest absolute Gasteiger partial charge is 0.394 e. The van der Waals surface area contributed by atoms with Crippen LogP contribution in [0, 0.1) is 12.3 Å². The number of hydrogen-bond donors (Lipinski definition) is 5. The van der Waals surface area contributed by atoms with Crippen LogP contribution in [0.15, 0.2) is 54.7 Å². The fourth-order valence-electron chi connectivity index (χ4n) is 8.07. The lowest BCUT2D eigenvalue weighted by atomic mass is 9.72. The van der Waals surface area contributed by atoms with E-state index < -0.39 is 37.3 Å². The molecule has 1 spiro atoms. The summed E-state index contributed by atoms with van der Waals surface area (Å²) in [7, 11) is 0. The number of aliphatic hydroxyl groups excluding tert-OH is 4. The van der Waals surface area contributed by atoms with Crippen LogP contribution in [0.4, 0.5) is 0 Å². The zero-order chi connectivity index (χ0) is 34.5. The molecule has 2 aromatic carbocycles. The van der Waals surface area contributed by atoms with Gasteiger partial charge in [0.2, 0.25) is 12.3 Å². The van der Waals surface area contributed by atoms with E-state index in [1.165, 1.54) is 12.8 Å². The molecule has 0 bridgehead atoms. The van der Waals surface area contributed by atoms with Crippen LogP contribution in [0.1, 0.15) is 60.6 Å². The maximum atomic E-state index is 12.3. The Morgan fingerprint density at radius 1 is 1.02 bits per heavy atom. The molecule has 3 aliphatic heterocycles. The number of aliphatic hydroxyl groups is 4. The molecule has 264 valence electrons. The third-order valence-corrected chi connectivity index (χ3v) is 10.8. The van der Waals surface area contributed by atoms with Crippen LogP contribution in [0.25, 0.3) is 17.0 Å². The number of carbonyl (C=O) groups is 2. The molecule has 0 unspecified atom stereocenters. The summed E-state index contributed by atoms with van der Waals surface area (Å²) in [6, 6.07) is 14.5. The highest BCUT2D eigenvalue weighted by atomic mass is 16.6. The number of fused-ring (bicyclic) bond motifs is 1. The highest BCUT2D eigenvalue weighted by Crippen LogP contribution is 2.40. The van der Waals surface area contributed by atoms with Crippen LogP contribution in [-0.2, 0) is 20.7 Å². The first-order valence-corrected chi connectivity index (χ1v) is 17.5. The molecule has 4 heterocycles. The highest BCUT2D eigenvalue weighted by molar-refractivity contribution is 5.87. The summed E-state index contributed by atoms with van der Waals surface area (Å²) < 4.78 is 7.71. The Bertz CT molecular complexity index is 1610. The molecule has 0 saturated carbocycles. The van der Waals surface area contributed by atoms with E-state index in [0.29, 0.717) is 12.8 Å². The van der Waals surface area contributed by atoms with Gasteiger partial charge in [0.1, 0.15) is 24.4 Å². The SMILES string of the molecule is Cc1cccc2c1c(Cc1ccc(/C=C/CCN3CCCC4(CCN(C(=O)CNC=O)CC4)C3)cc1)cn2[C@@H]1O[C@H](CO)[C@@H](O)[C@H](O)[C@H]1O. The summed E-state index contributed by atoms with van der Waals surface area (Å²) in [6.07, 6.45) is 6.86. The van der Waals surface area contributed by atoms with Crippen LogP contribution in [0.3, 0.4) is 0 Å². The van der Waals surface area contributed by atoms with E-state index in [0.717, 1.165) is 85.1 Å². The molecular weight excluding hydrogens is 624 g/mol. The molecule has 0 aliphatic carbocycles. The van der Waals surface area contributed by atoms with Crippen molar-refractivity contribution in [3.05, 3.63) is 77.0 Å². The molecule has 2 amide bonds. The van der Waals surface area contributed by atoms with E-state index in [1.54, 1.807) is 4.57 Å². The van der Waals surface area contributed by atoms with E-state index in [2.05, 4.69) is 46.6 Å². The van der Waals surface area contributed by atoms with Gasteiger partial charge in [-0.3, -0.25) is 9.59 Å². The van der Waals surface area contributed by atoms with Crippen molar-refractivity contribution >= 4 is 29.3 Å². The lowest BCUT2D eigenvalue weighted by Crippen LogP contribution is -2.56. The quantitative estimate of drug-likeness (QED) is 0.195. The molecule has 3 fully saturated rings. The van der Waals surface area contributed by atoms with Crippen molar-refractivity contribution in [3.8, 4) is 0 Å². The smallest absolute Gasteiger partial charge is 0.241 e. The Morgan fingerprint density at radius 3 is 2.53 bits per heavy atom. The Morgan fingerprint density at radius 2 is 1.80 bits per heavy atom. The van der Waals surface area contributed by atoms with E-state index in [-0.39, 0.29) is 17.9 Å². The monoisotopic (exact) mass is 674 g/mol. The summed E-state index contributed by atoms with van der Waals surface area (Å²) >= 11 is 0. The number of rotatable bonds is 11. The van der Waals surface area contributed by atoms with Crippen molar-refractivity contribution < 1.29 is 34.8 Å². The molecule has 3 aromatic rings. The molecular formula is C38H50N4O7. The maximum absolute atomic E-state index is 12.3. The van der Waals surface area contributed by atoms with Gasteiger partial charge in [0.05, 0.1) is 18.7 Å². The molecule has 5 atom stereocenters. The van der Waals surface area contributed by atoms with Gasteiger partial charge in [-0.1, -0.05) is 48.6 Å². The number of ether oxygens (including phenoxy) is 1. The number of piperidine rings is 2. The van der Waals surface area contributed by atoms with Crippen LogP contribution >= 0.6 is 0 Å². The Kier molecular flexibility index (Phi) is 11.2. The van der Waals surface area contributed by atoms with Gasteiger partial charge in [0.15, 0.2) is 6.23 Å². The molecule has 0 radical (unpaired) electrons. The maximum Gasteiger partial charge on any atom is 0.241 e. The molecule has 11 nitrogen and oxygen atoms in total. The number of amides is 2. The average Bonchev–Trinajstić information content (AvgIpc) is 3.48. The lowest BCUT2D eigenvalue weighted by Gasteiger charge is -2.47. The van der Waals surface area contributed by atoms with Crippen LogP contribution in [-0.4, -0.2) is 117 Å². The third-order valence-electron chi connectivity index (χ3n) is 10.8. The number of nitrogens with zero attached hydrogens (tertiary/aromatic N) is 3. The normalized spacial score (nSPS) is 26.1. The second kappa shape index (κ2) is 15.5. The van der Waals surface area contributed by atoms with Gasteiger partial charge in [-0.2, -0.15) is 0 Å². The van der Waals surface area contributed by atoms with Crippen molar-refractivity contribution in [2.24, 2.45) is 5.41 Å². The fourth-order valence-corrected chi connectivity index (χ4v) is 8.07. The Labute approximate surface area is 287 Å². The minimum atomic E-state index is -1.45. The second-order valence-corrected chi connectivity index (χ2v) is 14.1. The fraction of sp³-hybridized carbons (Fsp3) is 0.526.